The molecule has 2 aromatic rings. The highest BCUT2D eigenvalue weighted by atomic mass is 15.3. The van der Waals surface area contributed by atoms with Crippen molar-refractivity contribution in [1.29, 1.82) is 0 Å². The van der Waals surface area contributed by atoms with Crippen LogP contribution in [-0.2, 0) is 6.42 Å². The molecule has 0 radical (unpaired) electrons. The molecule has 1 fully saturated rings. The first-order chi connectivity index (χ1) is 9.31. The maximum absolute atomic E-state index is 5.77. The molecule has 0 aromatic carbocycles. The number of aromatic nitrogens is 4. The molecular weight excluding hydrogens is 240 g/mol. The molecule has 0 spiro atoms. The zero-order valence-corrected chi connectivity index (χ0v) is 10.7. The van der Waals surface area contributed by atoms with Gasteiger partial charge < -0.3 is 10.6 Å². The van der Waals surface area contributed by atoms with E-state index >= 15 is 0 Å². The lowest BCUT2D eigenvalue weighted by Crippen LogP contribution is -2.22. The Morgan fingerprint density at radius 1 is 1.11 bits per heavy atom. The monoisotopic (exact) mass is 256 g/mol. The fraction of sp³-hybridized carbons (Fsp3) is 0.385. The third kappa shape index (κ3) is 2.78. The summed E-state index contributed by atoms with van der Waals surface area (Å²) in [6, 6.07) is 5.80. The standard InChI is InChI=1S/C13H16N6/c14-12-16-11(9-10-5-1-2-6-15-10)17-13(18-12)19-7-3-4-8-19/h1-2,5-6H,3-4,7-9H2,(H2,14,16,17,18). The topological polar surface area (TPSA) is 80.8 Å². The van der Waals surface area contributed by atoms with Crippen molar-refractivity contribution in [2.45, 2.75) is 19.3 Å². The van der Waals surface area contributed by atoms with Crippen molar-refractivity contribution in [3.63, 3.8) is 0 Å². The summed E-state index contributed by atoms with van der Waals surface area (Å²) < 4.78 is 0. The fourth-order valence-corrected chi connectivity index (χ4v) is 2.23. The number of nitrogen functional groups attached to an aromatic ring is 1. The summed E-state index contributed by atoms with van der Waals surface area (Å²) in [7, 11) is 0. The Hall–Kier alpha value is -2.24. The molecule has 0 atom stereocenters. The van der Waals surface area contributed by atoms with Crippen molar-refractivity contribution in [2.24, 2.45) is 0 Å². The largest absolute Gasteiger partial charge is 0.368 e. The van der Waals surface area contributed by atoms with Crippen molar-refractivity contribution in [3.8, 4) is 0 Å². The first-order valence-corrected chi connectivity index (χ1v) is 6.46. The SMILES string of the molecule is Nc1nc(Cc2ccccn2)nc(N2CCCC2)n1. The molecule has 1 saturated heterocycles. The molecule has 0 unspecified atom stereocenters. The molecule has 98 valence electrons. The van der Waals surface area contributed by atoms with Crippen LogP contribution in [0.2, 0.25) is 0 Å². The predicted octanol–water partition coefficient (Wildman–Crippen LogP) is 1.04. The van der Waals surface area contributed by atoms with Gasteiger partial charge in [0, 0.05) is 25.0 Å². The van der Waals surface area contributed by atoms with Crippen LogP contribution in [-0.4, -0.2) is 33.0 Å². The van der Waals surface area contributed by atoms with Crippen LogP contribution in [0.1, 0.15) is 24.4 Å². The van der Waals surface area contributed by atoms with Gasteiger partial charge in [0.05, 0.1) is 6.42 Å². The molecule has 0 bridgehead atoms. The summed E-state index contributed by atoms with van der Waals surface area (Å²) >= 11 is 0. The third-order valence-electron chi connectivity index (χ3n) is 3.14. The lowest BCUT2D eigenvalue weighted by molar-refractivity contribution is 0.841. The molecular formula is C13H16N6. The highest BCUT2D eigenvalue weighted by Gasteiger charge is 2.16. The molecule has 2 N–H and O–H groups in total. The molecule has 19 heavy (non-hydrogen) atoms. The molecule has 6 nitrogen and oxygen atoms in total. The van der Waals surface area contributed by atoms with Gasteiger partial charge in [0.25, 0.3) is 0 Å². The van der Waals surface area contributed by atoms with Crippen LogP contribution in [0.5, 0.6) is 0 Å². The van der Waals surface area contributed by atoms with Crippen LogP contribution >= 0.6 is 0 Å². The molecule has 6 heteroatoms. The van der Waals surface area contributed by atoms with Crippen molar-refractivity contribution >= 4 is 11.9 Å². The van der Waals surface area contributed by atoms with Crippen LogP contribution in [0.3, 0.4) is 0 Å². The van der Waals surface area contributed by atoms with Gasteiger partial charge >= 0.3 is 0 Å². The normalized spacial score (nSPS) is 14.8. The number of anilines is 2. The summed E-state index contributed by atoms with van der Waals surface area (Å²) in [5, 5.41) is 0. The van der Waals surface area contributed by atoms with Gasteiger partial charge in [-0.3, -0.25) is 4.98 Å². The van der Waals surface area contributed by atoms with Crippen LogP contribution in [0.4, 0.5) is 11.9 Å². The number of pyridine rings is 1. The molecule has 1 aliphatic heterocycles. The van der Waals surface area contributed by atoms with Gasteiger partial charge in [-0.1, -0.05) is 6.07 Å². The average molecular weight is 256 g/mol. The van der Waals surface area contributed by atoms with Gasteiger partial charge in [-0.2, -0.15) is 15.0 Å². The Bertz CT molecular complexity index is 550. The Morgan fingerprint density at radius 2 is 1.95 bits per heavy atom. The van der Waals surface area contributed by atoms with Crippen molar-refractivity contribution < 1.29 is 0 Å². The van der Waals surface area contributed by atoms with E-state index in [1.807, 2.05) is 18.2 Å². The van der Waals surface area contributed by atoms with E-state index in [9.17, 15) is 0 Å². The Morgan fingerprint density at radius 3 is 2.68 bits per heavy atom. The van der Waals surface area contributed by atoms with Gasteiger partial charge in [0.15, 0.2) is 0 Å². The van der Waals surface area contributed by atoms with Crippen LogP contribution in [0.25, 0.3) is 0 Å². The highest BCUT2D eigenvalue weighted by molar-refractivity contribution is 5.36. The van der Waals surface area contributed by atoms with E-state index in [1.165, 1.54) is 12.8 Å². The van der Waals surface area contributed by atoms with E-state index in [4.69, 9.17) is 5.73 Å². The third-order valence-corrected chi connectivity index (χ3v) is 3.14. The first-order valence-electron chi connectivity index (χ1n) is 6.46. The van der Waals surface area contributed by atoms with Gasteiger partial charge in [0.1, 0.15) is 5.82 Å². The van der Waals surface area contributed by atoms with Gasteiger partial charge in [0.2, 0.25) is 11.9 Å². The smallest absolute Gasteiger partial charge is 0.230 e. The molecule has 0 amide bonds. The minimum absolute atomic E-state index is 0.280. The summed E-state index contributed by atoms with van der Waals surface area (Å²) in [6.45, 7) is 1.99. The maximum atomic E-state index is 5.77. The number of hydrogen-bond acceptors (Lipinski definition) is 6. The summed E-state index contributed by atoms with van der Waals surface area (Å²) in [5.41, 5.74) is 6.70. The zero-order chi connectivity index (χ0) is 13.1. The summed E-state index contributed by atoms with van der Waals surface area (Å²) in [4.78, 5) is 19.3. The van der Waals surface area contributed by atoms with E-state index in [1.54, 1.807) is 6.20 Å². The van der Waals surface area contributed by atoms with E-state index < -0.39 is 0 Å². The van der Waals surface area contributed by atoms with E-state index in [0.717, 1.165) is 18.8 Å². The number of nitrogens with zero attached hydrogens (tertiary/aromatic N) is 5. The average Bonchev–Trinajstić information content (AvgIpc) is 2.93. The maximum Gasteiger partial charge on any atom is 0.230 e. The van der Waals surface area contributed by atoms with Crippen LogP contribution in [0.15, 0.2) is 24.4 Å². The number of nitrogens with two attached hydrogens (primary N) is 1. The van der Waals surface area contributed by atoms with Crippen molar-refractivity contribution in [3.05, 3.63) is 35.9 Å². The summed E-state index contributed by atoms with van der Waals surface area (Å²) in [5.74, 6) is 1.65. The quantitative estimate of drug-likeness (QED) is 0.883. The van der Waals surface area contributed by atoms with E-state index in [2.05, 4.69) is 24.8 Å². The van der Waals surface area contributed by atoms with E-state index in [0.29, 0.717) is 18.2 Å². The van der Waals surface area contributed by atoms with Crippen molar-refractivity contribution in [1.82, 2.24) is 19.9 Å². The van der Waals surface area contributed by atoms with Gasteiger partial charge in [-0.15, -0.1) is 0 Å². The van der Waals surface area contributed by atoms with Crippen molar-refractivity contribution in [2.75, 3.05) is 23.7 Å². The molecule has 0 saturated carbocycles. The zero-order valence-electron chi connectivity index (χ0n) is 10.7. The fourth-order valence-electron chi connectivity index (χ4n) is 2.23. The molecule has 3 rings (SSSR count). The first kappa shape index (κ1) is 11.8. The Labute approximate surface area is 111 Å². The second-order valence-electron chi connectivity index (χ2n) is 4.60. The van der Waals surface area contributed by atoms with Crippen LogP contribution < -0.4 is 10.6 Å². The number of rotatable bonds is 3. The highest BCUT2D eigenvalue weighted by Crippen LogP contribution is 2.16. The number of hydrogen-bond donors (Lipinski definition) is 1. The minimum Gasteiger partial charge on any atom is -0.368 e. The van der Waals surface area contributed by atoms with Crippen LogP contribution in [0, 0.1) is 0 Å². The lowest BCUT2D eigenvalue weighted by atomic mass is 10.2. The molecule has 1 aliphatic rings. The molecule has 3 heterocycles. The molecule has 2 aromatic heterocycles. The lowest BCUT2D eigenvalue weighted by Gasteiger charge is -2.15. The van der Waals surface area contributed by atoms with E-state index in [-0.39, 0.29) is 5.95 Å². The second kappa shape index (κ2) is 5.17. The Kier molecular flexibility index (Phi) is 3.22. The minimum atomic E-state index is 0.280. The second-order valence-corrected chi connectivity index (χ2v) is 4.60. The van der Waals surface area contributed by atoms with Gasteiger partial charge in [-0.05, 0) is 25.0 Å². The molecule has 0 aliphatic carbocycles. The predicted molar refractivity (Wildman–Crippen MR) is 72.7 cm³/mol. The van der Waals surface area contributed by atoms with Gasteiger partial charge in [-0.25, -0.2) is 0 Å². The summed E-state index contributed by atoms with van der Waals surface area (Å²) in [6.07, 6.45) is 4.71. The Balaban J connectivity index is 1.85.